The minimum atomic E-state index is 0.120. The quantitative estimate of drug-likeness (QED) is 0.698. The highest BCUT2D eigenvalue weighted by molar-refractivity contribution is 9.10. The van der Waals surface area contributed by atoms with Crippen molar-refractivity contribution in [3.63, 3.8) is 0 Å². The lowest BCUT2D eigenvalue weighted by atomic mass is 9.90. The van der Waals surface area contributed by atoms with Crippen LogP contribution < -0.4 is 4.74 Å². The SMILES string of the molecule is COc1ccc(C(Cl)C2CCCC2C)cc1Br. The van der Waals surface area contributed by atoms with Crippen molar-refractivity contribution in [1.82, 2.24) is 0 Å². The summed E-state index contributed by atoms with van der Waals surface area (Å²) in [6.45, 7) is 2.31. The normalized spacial score (nSPS) is 25.9. The number of halogens is 2. The Hall–Kier alpha value is -0.210. The first-order valence-corrected chi connectivity index (χ1v) is 7.34. The van der Waals surface area contributed by atoms with Crippen LogP contribution in [0.4, 0.5) is 0 Å². The highest BCUT2D eigenvalue weighted by atomic mass is 79.9. The maximum absolute atomic E-state index is 6.61. The predicted molar refractivity (Wildman–Crippen MR) is 75.8 cm³/mol. The summed E-state index contributed by atoms with van der Waals surface area (Å²) in [5.74, 6) is 2.20. The molecule has 1 saturated carbocycles. The summed E-state index contributed by atoms with van der Waals surface area (Å²) in [6.07, 6.45) is 3.87. The highest BCUT2D eigenvalue weighted by Gasteiger charge is 2.30. The average molecular weight is 318 g/mol. The van der Waals surface area contributed by atoms with Crippen LogP contribution in [0.25, 0.3) is 0 Å². The summed E-state index contributed by atoms with van der Waals surface area (Å²) in [4.78, 5) is 0. The van der Waals surface area contributed by atoms with Gasteiger partial charge in [-0.25, -0.2) is 0 Å². The van der Waals surface area contributed by atoms with Crippen LogP contribution in [0.1, 0.15) is 37.1 Å². The summed E-state index contributed by atoms with van der Waals surface area (Å²) in [7, 11) is 1.68. The third-order valence-electron chi connectivity index (χ3n) is 3.80. The van der Waals surface area contributed by atoms with E-state index in [0.717, 1.165) is 16.1 Å². The largest absolute Gasteiger partial charge is 0.496 e. The second kappa shape index (κ2) is 5.62. The van der Waals surface area contributed by atoms with Gasteiger partial charge in [0.25, 0.3) is 0 Å². The molecule has 1 aliphatic carbocycles. The van der Waals surface area contributed by atoms with Crippen LogP contribution in [0.2, 0.25) is 0 Å². The van der Waals surface area contributed by atoms with Crippen LogP contribution in [-0.2, 0) is 0 Å². The Balaban J connectivity index is 2.19. The van der Waals surface area contributed by atoms with E-state index in [1.165, 1.54) is 24.8 Å². The van der Waals surface area contributed by atoms with Gasteiger partial charge in [-0.1, -0.05) is 25.8 Å². The van der Waals surface area contributed by atoms with E-state index in [1.807, 2.05) is 6.07 Å². The fourth-order valence-corrected chi connectivity index (χ4v) is 3.78. The molecule has 1 fully saturated rings. The zero-order valence-corrected chi connectivity index (χ0v) is 12.6. The van der Waals surface area contributed by atoms with E-state index in [0.29, 0.717) is 5.92 Å². The van der Waals surface area contributed by atoms with E-state index in [9.17, 15) is 0 Å². The Labute approximate surface area is 117 Å². The summed E-state index contributed by atoms with van der Waals surface area (Å²) in [6, 6.07) is 6.14. The molecular formula is C14H18BrClO. The van der Waals surface area contributed by atoms with Crippen molar-refractivity contribution in [2.24, 2.45) is 11.8 Å². The number of methoxy groups -OCH3 is 1. The van der Waals surface area contributed by atoms with Crippen LogP contribution in [-0.4, -0.2) is 7.11 Å². The number of alkyl halides is 1. The smallest absolute Gasteiger partial charge is 0.133 e. The molecule has 0 saturated heterocycles. The van der Waals surface area contributed by atoms with Crippen molar-refractivity contribution in [2.75, 3.05) is 7.11 Å². The van der Waals surface area contributed by atoms with Crippen LogP contribution >= 0.6 is 27.5 Å². The molecule has 0 bridgehead atoms. The van der Waals surface area contributed by atoms with Crippen LogP contribution in [0.15, 0.2) is 22.7 Å². The Morgan fingerprint density at radius 2 is 2.18 bits per heavy atom. The van der Waals surface area contributed by atoms with E-state index in [-0.39, 0.29) is 5.38 Å². The topological polar surface area (TPSA) is 9.23 Å². The third-order valence-corrected chi connectivity index (χ3v) is 4.99. The van der Waals surface area contributed by atoms with Crippen LogP contribution in [0.3, 0.4) is 0 Å². The van der Waals surface area contributed by atoms with Gasteiger partial charge < -0.3 is 4.74 Å². The van der Waals surface area contributed by atoms with Crippen molar-refractivity contribution < 1.29 is 4.74 Å². The molecule has 3 atom stereocenters. The van der Waals surface area contributed by atoms with Gasteiger partial charge in [0.1, 0.15) is 5.75 Å². The van der Waals surface area contributed by atoms with Gasteiger partial charge in [0, 0.05) is 0 Å². The maximum atomic E-state index is 6.61. The van der Waals surface area contributed by atoms with Gasteiger partial charge in [0.05, 0.1) is 17.0 Å². The average Bonchev–Trinajstić information content (AvgIpc) is 2.74. The molecule has 3 heteroatoms. The lowest BCUT2D eigenvalue weighted by Crippen LogP contribution is -2.11. The first-order chi connectivity index (χ1) is 8.13. The van der Waals surface area contributed by atoms with Gasteiger partial charge in [-0.2, -0.15) is 0 Å². The Kier molecular flexibility index (Phi) is 4.37. The fourth-order valence-electron chi connectivity index (χ4n) is 2.71. The molecule has 0 spiro atoms. The van der Waals surface area contributed by atoms with Crippen LogP contribution in [0.5, 0.6) is 5.75 Å². The fraction of sp³-hybridized carbons (Fsp3) is 0.571. The molecule has 17 heavy (non-hydrogen) atoms. The molecule has 2 rings (SSSR count). The molecule has 0 N–H and O–H groups in total. The molecule has 0 heterocycles. The molecular weight excluding hydrogens is 300 g/mol. The van der Waals surface area contributed by atoms with Gasteiger partial charge in [-0.15, -0.1) is 11.6 Å². The molecule has 1 nitrogen and oxygen atoms in total. The maximum Gasteiger partial charge on any atom is 0.133 e. The first kappa shape index (κ1) is 13.2. The van der Waals surface area contributed by atoms with Crippen molar-refractivity contribution in [2.45, 2.75) is 31.6 Å². The Morgan fingerprint density at radius 3 is 2.71 bits per heavy atom. The van der Waals surface area contributed by atoms with E-state index in [1.54, 1.807) is 7.11 Å². The number of hydrogen-bond acceptors (Lipinski definition) is 1. The molecule has 1 aliphatic rings. The molecule has 1 aromatic rings. The number of benzene rings is 1. The van der Waals surface area contributed by atoms with Gasteiger partial charge in [-0.3, -0.25) is 0 Å². The lowest BCUT2D eigenvalue weighted by Gasteiger charge is -2.22. The van der Waals surface area contributed by atoms with Crippen molar-refractivity contribution in [3.8, 4) is 5.75 Å². The molecule has 0 aromatic heterocycles. The molecule has 1 aromatic carbocycles. The molecule has 94 valence electrons. The molecule has 0 aliphatic heterocycles. The second-order valence-corrected chi connectivity index (χ2v) is 6.19. The number of hydrogen-bond donors (Lipinski definition) is 0. The number of ether oxygens (including phenoxy) is 1. The lowest BCUT2D eigenvalue weighted by molar-refractivity contribution is 0.402. The van der Waals surface area contributed by atoms with Crippen molar-refractivity contribution in [3.05, 3.63) is 28.2 Å². The third kappa shape index (κ3) is 2.79. The van der Waals surface area contributed by atoms with Crippen LogP contribution in [0, 0.1) is 11.8 Å². The van der Waals surface area contributed by atoms with Gasteiger partial charge in [0.15, 0.2) is 0 Å². The molecule has 0 radical (unpaired) electrons. The zero-order chi connectivity index (χ0) is 12.4. The predicted octanol–water partition coefficient (Wildman–Crippen LogP) is 5.17. The standard InChI is InChI=1S/C14H18BrClO/c1-9-4-3-5-11(9)14(16)10-6-7-13(17-2)12(15)8-10/h6-9,11,14H,3-5H2,1-2H3. The van der Waals surface area contributed by atoms with Crippen molar-refractivity contribution in [1.29, 1.82) is 0 Å². The Bertz CT molecular complexity index is 394. The molecule has 0 amide bonds. The summed E-state index contributed by atoms with van der Waals surface area (Å²) in [5, 5.41) is 0.120. The summed E-state index contributed by atoms with van der Waals surface area (Å²) in [5.41, 5.74) is 1.19. The monoisotopic (exact) mass is 316 g/mol. The summed E-state index contributed by atoms with van der Waals surface area (Å²) < 4.78 is 6.22. The second-order valence-electron chi connectivity index (χ2n) is 4.87. The molecule has 3 unspecified atom stereocenters. The van der Waals surface area contributed by atoms with E-state index in [2.05, 4.69) is 35.0 Å². The van der Waals surface area contributed by atoms with Gasteiger partial charge >= 0.3 is 0 Å². The highest BCUT2D eigenvalue weighted by Crippen LogP contribution is 2.44. The van der Waals surface area contributed by atoms with E-state index >= 15 is 0 Å². The van der Waals surface area contributed by atoms with Crippen molar-refractivity contribution >= 4 is 27.5 Å². The number of rotatable bonds is 3. The van der Waals surface area contributed by atoms with E-state index in [4.69, 9.17) is 16.3 Å². The van der Waals surface area contributed by atoms with E-state index < -0.39 is 0 Å². The minimum absolute atomic E-state index is 0.120. The Morgan fingerprint density at radius 1 is 1.41 bits per heavy atom. The van der Waals surface area contributed by atoms with Gasteiger partial charge in [0.2, 0.25) is 0 Å². The van der Waals surface area contributed by atoms with Gasteiger partial charge in [-0.05, 0) is 51.9 Å². The zero-order valence-electron chi connectivity index (χ0n) is 10.2. The first-order valence-electron chi connectivity index (χ1n) is 6.11. The summed E-state index contributed by atoms with van der Waals surface area (Å²) >= 11 is 10.1. The minimum Gasteiger partial charge on any atom is -0.496 e.